The first-order valence-electron chi connectivity index (χ1n) is 13.2. The minimum atomic E-state index is -0.986. The summed E-state index contributed by atoms with van der Waals surface area (Å²) in [6.45, 7) is 6.12. The molecule has 39 heavy (non-hydrogen) atoms. The van der Waals surface area contributed by atoms with Crippen LogP contribution in [0.15, 0.2) is 78.9 Å². The standard InChI is InChI=1S/C31H37NO7/c1-3-37-29(30(33)34)22-25-13-15-27(16-14-25)38-20-18-32(31(35)39-28-12-7-9-24(2)21-28)17-8-19-36-23-26-10-5-4-6-11-26/h4-7,9-16,21,29H,3,8,17-20,22-23H2,1-2H3,(H,33,34). The van der Waals surface area contributed by atoms with Crippen LogP contribution in [0.5, 0.6) is 11.5 Å². The molecule has 8 nitrogen and oxygen atoms in total. The fourth-order valence-corrected chi connectivity index (χ4v) is 3.89. The van der Waals surface area contributed by atoms with Crippen molar-refractivity contribution in [1.82, 2.24) is 4.90 Å². The largest absolute Gasteiger partial charge is 0.492 e. The molecule has 1 N–H and O–H groups in total. The van der Waals surface area contributed by atoms with Gasteiger partial charge in [0.2, 0.25) is 0 Å². The van der Waals surface area contributed by atoms with Crippen LogP contribution in [0, 0.1) is 6.92 Å². The zero-order chi connectivity index (χ0) is 27.9. The smallest absolute Gasteiger partial charge is 0.415 e. The van der Waals surface area contributed by atoms with Crippen molar-refractivity contribution >= 4 is 12.1 Å². The van der Waals surface area contributed by atoms with Gasteiger partial charge in [-0.3, -0.25) is 0 Å². The summed E-state index contributed by atoms with van der Waals surface area (Å²) in [6.07, 6.45) is -0.409. The first kappa shape index (κ1) is 29.7. The quantitative estimate of drug-likeness (QED) is 0.242. The van der Waals surface area contributed by atoms with Gasteiger partial charge in [0, 0.05) is 26.2 Å². The van der Waals surface area contributed by atoms with Crippen LogP contribution in [0.25, 0.3) is 0 Å². The number of carboxylic acid groups (broad SMARTS) is 1. The second kappa shape index (κ2) is 16.2. The third kappa shape index (κ3) is 10.8. The van der Waals surface area contributed by atoms with E-state index in [9.17, 15) is 14.7 Å². The maximum atomic E-state index is 13.0. The number of carbonyl (C=O) groups is 2. The highest BCUT2D eigenvalue weighted by atomic mass is 16.6. The summed E-state index contributed by atoms with van der Waals surface area (Å²) in [4.78, 5) is 25.9. The Hall–Kier alpha value is -3.88. The van der Waals surface area contributed by atoms with Gasteiger partial charge in [0.25, 0.3) is 0 Å². The molecule has 3 aromatic rings. The van der Waals surface area contributed by atoms with E-state index >= 15 is 0 Å². The number of rotatable bonds is 16. The van der Waals surface area contributed by atoms with Crippen LogP contribution >= 0.6 is 0 Å². The highest BCUT2D eigenvalue weighted by Gasteiger charge is 2.18. The molecule has 1 atom stereocenters. The Labute approximate surface area is 230 Å². The van der Waals surface area contributed by atoms with E-state index < -0.39 is 18.2 Å². The van der Waals surface area contributed by atoms with Gasteiger partial charge in [-0.15, -0.1) is 0 Å². The van der Waals surface area contributed by atoms with Gasteiger partial charge in [0.15, 0.2) is 6.10 Å². The Bertz CT molecular complexity index is 1150. The Kier molecular flexibility index (Phi) is 12.3. The summed E-state index contributed by atoms with van der Waals surface area (Å²) >= 11 is 0. The first-order valence-corrected chi connectivity index (χ1v) is 13.2. The summed E-state index contributed by atoms with van der Waals surface area (Å²) in [5.74, 6) is 0.133. The number of benzene rings is 3. The molecule has 0 aliphatic carbocycles. The minimum absolute atomic E-state index is 0.268. The Morgan fingerprint density at radius 1 is 0.872 bits per heavy atom. The van der Waals surface area contributed by atoms with E-state index in [2.05, 4.69) is 0 Å². The average Bonchev–Trinajstić information content (AvgIpc) is 2.93. The summed E-state index contributed by atoms with van der Waals surface area (Å²) in [6, 6.07) is 24.5. The molecule has 0 saturated carbocycles. The van der Waals surface area contributed by atoms with Crippen LogP contribution < -0.4 is 9.47 Å². The van der Waals surface area contributed by atoms with Gasteiger partial charge in [-0.1, -0.05) is 54.6 Å². The minimum Gasteiger partial charge on any atom is -0.492 e. The Balaban J connectivity index is 1.51. The molecule has 8 heteroatoms. The third-order valence-corrected chi connectivity index (χ3v) is 5.90. The van der Waals surface area contributed by atoms with Crippen LogP contribution in [0.3, 0.4) is 0 Å². The molecule has 3 aromatic carbocycles. The molecule has 208 valence electrons. The molecule has 0 radical (unpaired) electrons. The SMILES string of the molecule is CCOC(Cc1ccc(OCCN(CCCOCc2ccccc2)C(=O)Oc2cccc(C)c2)cc1)C(=O)O. The fraction of sp³-hybridized carbons (Fsp3) is 0.355. The number of aryl methyl sites for hydroxylation is 1. The molecular weight excluding hydrogens is 498 g/mol. The molecule has 1 unspecified atom stereocenters. The third-order valence-electron chi connectivity index (χ3n) is 5.90. The van der Waals surface area contributed by atoms with Crippen molar-refractivity contribution < 1.29 is 33.6 Å². The zero-order valence-electron chi connectivity index (χ0n) is 22.6. The van der Waals surface area contributed by atoms with E-state index in [0.29, 0.717) is 50.8 Å². The Morgan fingerprint density at radius 3 is 2.33 bits per heavy atom. The summed E-state index contributed by atoms with van der Waals surface area (Å²) in [7, 11) is 0. The van der Waals surface area contributed by atoms with E-state index in [0.717, 1.165) is 16.7 Å². The molecule has 0 heterocycles. The molecule has 0 aromatic heterocycles. The van der Waals surface area contributed by atoms with E-state index in [4.69, 9.17) is 18.9 Å². The molecule has 0 aliphatic heterocycles. The number of hydrogen-bond acceptors (Lipinski definition) is 6. The van der Waals surface area contributed by atoms with Gasteiger partial charge in [-0.2, -0.15) is 0 Å². The molecule has 0 spiro atoms. The molecule has 0 aliphatic rings. The highest BCUT2D eigenvalue weighted by molar-refractivity contribution is 5.72. The van der Waals surface area contributed by atoms with Gasteiger partial charge in [-0.05, 0) is 61.2 Å². The van der Waals surface area contributed by atoms with E-state index in [1.165, 1.54) is 0 Å². The summed E-state index contributed by atoms with van der Waals surface area (Å²) in [5.41, 5.74) is 2.94. The summed E-state index contributed by atoms with van der Waals surface area (Å²) < 4.78 is 22.5. The normalized spacial score (nSPS) is 11.5. The van der Waals surface area contributed by atoms with Gasteiger partial charge < -0.3 is 29.0 Å². The maximum Gasteiger partial charge on any atom is 0.415 e. The van der Waals surface area contributed by atoms with Crippen molar-refractivity contribution in [2.24, 2.45) is 0 Å². The number of nitrogens with zero attached hydrogens (tertiary/aromatic N) is 1. The van der Waals surface area contributed by atoms with Crippen molar-refractivity contribution in [3.8, 4) is 11.5 Å². The zero-order valence-corrected chi connectivity index (χ0v) is 22.6. The van der Waals surface area contributed by atoms with Crippen molar-refractivity contribution in [3.05, 3.63) is 95.6 Å². The number of carboxylic acids is 1. The Morgan fingerprint density at radius 2 is 1.64 bits per heavy atom. The molecule has 0 fully saturated rings. The van der Waals surface area contributed by atoms with Crippen LogP contribution in [0.4, 0.5) is 4.79 Å². The maximum absolute atomic E-state index is 13.0. The summed E-state index contributed by atoms with van der Waals surface area (Å²) in [5, 5.41) is 9.28. The van der Waals surface area contributed by atoms with Gasteiger partial charge in [0.1, 0.15) is 18.1 Å². The van der Waals surface area contributed by atoms with Crippen molar-refractivity contribution in [1.29, 1.82) is 0 Å². The number of hydrogen-bond donors (Lipinski definition) is 1. The first-order chi connectivity index (χ1) is 18.9. The second-order valence-electron chi connectivity index (χ2n) is 9.04. The molecule has 0 saturated heterocycles. The number of amides is 1. The number of ether oxygens (including phenoxy) is 4. The fourth-order valence-electron chi connectivity index (χ4n) is 3.89. The average molecular weight is 536 g/mol. The molecule has 0 bridgehead atoms. The van der Waals surface area contributed by atoms with Gasteiger partial charge in [0.05, 0.1) is 13.2 Å². The van der Waals surface area contributed by atoms with E-state index in [1.807, 2.05) is 67.6 Å². The van der Waals surface area contributed by atoms with E-state index in [-0.39, 0.29) is 13.0 Å². The highest BCUT2D eigenvalue weighted by Crippen LogP contribution is 2.16. The van der Waals surface area contributed by atoms with E-state index in [1.54, 1.807) is 30.0 Å². The second-order valence-corrected chi connectivity index (χ2v) is 9.04. The lowest BCUT2D eigenvalue weighted by molar-refractivity contribution is -0.149. The number of carbonyl (C=O) groups excluding carboxylic acids is 1. The lowest BCUT2D eigenvalue weighted by atomic mass is 10.1. The van der Waals surface area contributed by atoms with Crippen LogP contribution in [0.1, 0.15) is 30.0 Å². The molecule has 3 rings (SSSR count). The monoisotopic (exact) mass is 535 g/mol. The van der Waals surface area contributed by atoms with Gasteiger partial charge >= 0.3 is 12.1 Å². The van der Waals surface area contributed by atoms with Crippen molar-refractivity contribution in [2.75, 3.05) is 32.9 Å². The van der Waals surface area contributed by atoms with Gasteiger partial charge in [-0.25, -0.2) is 9.59 Å². The number of aliphatic carboxylic acids is 1. The lowest BCUT2D eigenvalue weighted by Crippen LogP contribution is -2.38. The predicted octanol–water partition coefficient (Wildman–Crippen LogP) is 5.51. The van der Waals surface area contributed by atoms with Crippen molar-refractivity contribution in [3.63, 3.8) is 0 Å². The lowest BCUT2D eigenvalue weighted by Gasteiger charge is -2.22. The molecule has 1 amide bonds. The predicted molar refractivity (Wildman–Crippen MR) is 148 cm³/mol. The topological polar surface area (TPSA) is 94.5 Å². The van der Waals surface area contributed by atoms with Crippen LogP contribution in [-0.2, 0) is 27.3 Å². The van der Waals surface area contributed by atoms with Crippen LogP contribution in [0.2, 0.25) is 0 Å². The van der Waals surface area contributed by atoms with Crippen LogP contribution in [-0.4, -0.2) is 61.1 Å². The molecular formula is C31H37NO7. The van der Waals surface area contributed by atoms with Crippen molar-refractivity contribution in [2.45, 2.75) is 39.4 Å².